The number of Topliss-reactive ketones (excluding diaryl/α,β-unsaturated/α-hetero) is 1. The summed E-state index contributed by atoms with van der Waals surface area (Å²) in [4.78, 5) is 23.3. The summed E-state index contributed by atoms with van der Waals surface area (Å²) in [6.45, 7) is 4.84. The molecule has 108 valence electrons. The number of ketones is 1. The molecule has 20 heavy (non-hydrogen) atoms. The molecule has 1 saturated heterocycles. The molecule has 5 nitrogen and oxygen atoms in total. The molecule has 1 aromatic carbocycles. The van der Waals surface area contributed by atoms with Crippen LogP contribution in [0.5, 0.6) is 0 Å². The van der Waals surface area contributed by atoms with E-state index in [4.69, 9.17) is 4.74 Å². The number of benzene rings is 1. The third-order valence-electron chi connectivity index (χ3n) is 3.54. The molecule has 2 amide bonds. The van der Waals surface area contributed by atoms with E-state index in [1.165, 1.54) is 6.92 Å². The molecule has 1 aliphatic rings. The molecule has 0 atom stereocenters. The van der Waals surface area contributed by atoms with Crippen LogP contribution in [0.3, 0.4) is 0 Å². The number of nitrogens with one attached hydrogen (secondary N) is 2. The van der Waals surface area contributed by atoms with Crippen molar-refractivity contribution in [3.05, 3.63) is 29.8 Å². The maximum Gasteiger partial charge on any atom is 0.319 e. The second-order valence-corrected chi connectivity index (χ2v) is 5.39. The average molecular weight is 276 g/mol. The molecule has 1 aromatic rings. The van der Waals surface area contributed by atoms with Crippen LogP contribution in [-0.4, -0.2) is 30.6 Å². The standard InChI is InChI=1S/C15H20N2O3/c1-11(18)12-4-3-5-13(10-12)16-14(19)17-15(2)6-8-20-9-7-15/h3-5,10H,6-9H2,1-2H3,(H2,16,17,19). The minimum atomic E-state index is -0.255. The summed E-state index contributed by atoms with van der Waals surface area (Å²) < 4.78 is 5.30. The zero-order valence-corrected chi connectivity index (χ0v) is 11.9. The Morgan fingerprint density at radius 1 is 1.25 bits per heavy atom. The lowest BCUT2D eigenvalue weighted by Crippen LogP contribution is -2.51. The molecule has 0 aromatic heterocycles. The van der Waals surface area contributed by atoms with E-state index in [2.05, 4.69) is 10.6 Å². The van der Waals surface area contributed by atoms with Crippen LogP contribution in [0, 0.1) is 0 Å². The van der Waals surface area contributed by atoms with Crippen LogP contribution in [-0.2, 0) is 4.74 Å². The highest BCUT2D eigenvalue weighted by atomic mass is 16.5. The van der Waals surface area contributed by atoms with Gasteiger partial charge in [0.05, 0.1) is 0 Å². The predicted molar refractivity (Wildman–Crippen MR) is 77.1 cm³/mol. The van der Waals surface area contributed by atoms with E-state index in [0.717, 1.165) is 12.8 Å². The maximum atomic E-state index is 12.0. The number of carbonyl (C=O) groups is 2. The van der Waals surface area contributed by atoms with Crippen molar-refractivity contribution in [2.45, 2.75) is 32.2 Å². The Hall–Kier alpha value is -1.88. The van der Waals surface area contributed by atoms with Crippen molar-refractivity contribution in [2.75, 3.05) is 18.5 Å². The first kappa shape index (κ1) is 14.5. The number of rotatable bonds is 3. The van der Waals surface area contributed by atoms with Crippen molar-refractivity contribution in [2.24, 2.45) is 0 Å². The lowest BCUT2D eigenvalue weighted by atomic mass is 9.93. The van der Waals surface area contributed by atoms with Crippen LogP contribution in [0.15, 0.2) is 24.3 Å². The van der Waals surface area contributed by atoms with Gasteiger partial charge in [0, 0.05) is 30.0 Å². The molecule has 0 unspecified atom stereocenters. The smallest absolute Gasteiger partial charge is 0.319 e. The number of anilines is 1. The quantitative estimate of drug-likeness (QED) is 0.834. The highest BCUT2D eigenvalue weighted by Crippen LogP contribution is 2.20. The SMILES string of the molecule is CC(=O)c1cccc(NC(=O)NC2(C)CCOCC2)c1. The third-order valence-corrected chi connectivity index (χ3v) is 3.54. The number of ether oxygens (including phenoxy) is 1. The maximum absolute atomic E-state index is 12.0. The Labute approximate surface area is 118 Å². The fourth-order valence-corrected chi connectivity index (χ4v) is 2.20. The number of carbonyl (C=O) groups excluding carboxylic acids is 2. The van der Waals surface area contributed by atoms with E-state index in [1.54, 1.807) is 24.3 Å². The molecule has 2 rings (SSSR count). The van der Waals surface area contributed by atoms with Crippen LogP contribution >= 0.6 is 0 Å². The van der Waals surface area contributed by atoms with Crippen LogP contribution in [0.25, 0.3) is 0 Å². The minimum absolute atomic E-state index is 0.0227. The minimum Gasteiger partial charge on any atom is -0.381 e. The Bertz CT molecular complexity index is 508. The molecular formula is C15H20N2O3. The van der Waals surface area contributed by atoms with Gasteiger partial charge in [0.25, 0.3) is 0 Å². The first-order chi connectivity index (χ1) is 9.48. The summed E-state index contributed by atoms with van der Waals surface area (Å²) in [6, 6.07) is 6.66. The van der Waals surface area contributed by atoms with Crippen LogP contribution in [0.4, 0.5) is 10.5 Å². The number of urea groups is 1. The van der Waals surface area contributed by atoms with Gasteiger partial charge in [-0.05, 0) is 38.8 Å². The van der Waals surface area contributed by atoms with E-state index >= 15 is 0 Å². The molecule has 2 N–H and O–H groups in total. The lowest BCUT2D eigenvalue weighted by molar-refractivity contribution is 0.0499. The molecule has 5 heteroatoms. The van der Waals surface area contributed by atoms with E-state index in [9.17, 15) is 9.59 Å². The zero-order valence-electron chi connectivity index (χ0n) is 11.9. The van der Waals surface area contributed by atoms with Gasteiger partial charge in [0.1, 0.15) is 0 Å². The van der Waals surface area contributed by atoms with Crippen LogP contribution < -0.4 is 10.6 Å². The summed E-state index contributed by atoms with van der Waals surface area (Å²) in [5.41, 5.74) is 0.964. The second kappa shape index (κ2) is 6.05. The first-order valence-electron chi connectivity index (χ1n) is 6.76. The van der Waals surface area contributed by atoms with Gasteiger partial charge in [0.15, 0.2) is 5.78 Å². The predicted octanol–water partition coefficient (Wildman–Crippen LogP) is 2.58. The summed E-state index contributed by atoms with van der Waals surface area (Å²) in [6.07, 6.45) is 1.60. The molecule has 1 heterocycles. The third kappa shape index (κ3) is 3.81. The van der Waals surface area contributed by atoms with Crippen LogP contribution in [0.1, 0.15) is 37.0 Å². The largest absolute Gasteiger partial charge is 0.381 e. The van der Waals surface area contributed by atoms with Gasteiger partial charge >= 0.3 is 6.03 Å². The van der Waals surface area contributed by atoms with Crippen molar-refractivity contribution >= 4 is 17.5 Å². The fraction of sp³-hybridized carbons (Fsp3) is 0.467. The molecule has 0 spiro atoms. The Kier molecular flexibility index (Phi) is 4.39. The molecule has 0 bridgehead atoms. The van der Waals surface area contributed by atoms with Crippen molar-refractivity contribution < 1.29 is 14.3 Å². The van der Waals surface area contributed by atoms with Crippen molar-refractivity contribution in [1.29, 1.82) is 0 Å². The van der Waals surface area contributed by atoms with E-state index in [1.807, 2.05) is 6.92 Å². The van der Waals surface area contributed by atoms with Gasteiger partial charge in [-0.25, -0.2) is 4.79 Å². The molecule has 1 fully saturated rings. The number of hydrogen-bond donors (Lipinski definition) is 2. The molecular weight excluding hydrogens is 256 g/mol. The monoisotopic (exact) mass is 276 g/mol. The Balaban J connectivity index is 1.97. The number of hydrogen-bond acceptors (Lipinski definition) is 3. The van der Waals surface area contributed by atoms with Crippen molar-refractivity contribution in [1.82, 2.24) is 5.32 Å². The summed E-state index contributed by atoms with van der Waals surface area (Å²) in [7, 11) is 0. The van der Waals surface area contributed by atoms with E-state index < -0.39 is 0 Å². The summed E-state index contributed by atoms with van der Waals surface area (Å²) in [5.74, 6) is -0.0227. The molecule has 0 aliphatic carbocycles. The average Bonchev–Trinajstić information content (AvgIpc) is 2.39. The van der Waals surface area contributed by atoms with Gasteiger partial charge in [-0.15, -0.1) is 0 Å². The topological polar surface area (TPSA) is 67.4 Å². The highest BCUT2D eigenvalue weighted by molar-refractivity contribution is 5.96. The van der Waals surface area contributed by atoms with Gasteiger partial charge < -0.3 is 15.4 Å². The van der Waals surface area contributed by atoms with Crippen molar-refractivity contribution in [3.8, 4) is 0 Å². The Morgan fingerprint density at radius 2 is 1.95 bits per heavy atom. The van der Waals surface area contributed by atoms with E-state index in [0.29, 0.717) is 24.5 Å². The Morgan fingerprint density at radius 3 is 2.60 bits per heavy atom. The van der Waals surface area contributed by atoms with Crippen molar-refractivity contribution in [3.63, 3.8) is 0 Å². The molecule has 0 saturated carbocycles. The summed E-state index contributed by atoms with van der Waals surface area (Å²) in [5, 5.41) is 5.74. The zero-order chi connectivity index (χ0) is 14.6. The normalized spacial score (nSPS) is 17.3. The molecule has 0 radical (unpaired) electrons. The number of amides is 2. The van der Waals surface area contributed by atoms with Gasteiger partial charge in [-0.3, -0.25) is 4.79 Å². The van der Waals surface area contributed by atoms with E-state index in [-0.39, 0.29) is 17.4 Å². The highest BCUT2D eigenvalue weighted by Gasteiger charge is 2.28. The van der Waals surface area contributed by atoms with Gasteiger partial charge in [-0.2, -0.15) is 0 Å². The molecule has 1 aliphatic heterocycles. The van der Waals surface area contributed by atoms with Crippen LogP contribution in [0.2, 0.25) is 0 Å². The van der Waals surface area contributed by atoms with Gasteiger partial charge in [0.2, 0.25) is 0 Å². The summed E-state index contributed by atoms with van der Waals surface area (Å²) >= 11 is 0. The first-order valence-corrected chi connectivity index (χ1v) is 6.76. The van der Waals surface area contributed by atoms with Gasteiger partial charge in [-0.1, -0.05) is 12.1 Å². The lowest BCUT2D eigenvalue weighted by Gasteiger charge is -2.34. The fourth-order valence-electron chi connectivity index (χ4n) is 2.20. The second-order valence-electron chi connectivity index (χ2n) is 5.39.